The van der Waals surface area contributed by atoms with E-state index >= 15 is 0 Å². The zero-order chi connectivity index (χ0) is 15.1. The van der Waals surface area contributed by atoms with E-state index in [-0.39, 0.29) is 5.91 Å². The molecule has 1 aromatic heterocycles. The summed E-state index contributed by atoms with van der Waals surface area (Å²) in [5, 5.41) is 5.03. The first-order valence-electron chi connectivity index (χ1n) is 7.90. The predicted octanol–water partition coefficient (Wildman–Crippen LogP) is 2.17. The van der Waals surface area contributed by atoms with Crippen LogP contribution in [-0.2, 0) is 11.3 Å². The lowest BCUT2D eigenvalue weighted by Gasteiger charge is -2.36. The second-order valence-corrected chi connectivity index (χ2v) is 6.96. The molecule has 2 heterocycles. The van der Waals surface area contributed by atoms with Crippen LogP contribution in [0.4, 0.5) is 0 Å². The number of thiophene rings is 1. The van der Waals surface area contributed by atoms with Crippen LogP contribution in [0.25, 0.3) is 0 Å². The van der Waals surface area contributed by atoms with Crippen LogP contribution in [0.15, 0.2) is 17.5 Å². The average molecular weight is 309 g/mol. The third kappa shape index (κ3) is 5.77. The summed E-state index contributed by atoms with van der Waals surface area (Å²) in [6.45, 7) is 10.8. The zero-order valence-electron chi connectivity index (χ0n) is 13.2. The first-order valence-corrected chi connectivity index (χ1v) is 8.78. The summed E-state index contributed by atoms with van der Waals surface area (Å²) in [5.74, 6) is 0.171. The number of rotatable bonds is 7. The Bertz CT molecular complexity index is 411. The number of hydrogen-bond donors (Lipinski definition) is 1. The molecule has 1 aromatic rings. The fourth-order valence-electron chi connectivity index (χ4n) is 2.65. The van der Waals surface area contributed by atoms with Crippen LogP contribution in [0.5, 0.6) is 0 Å². The van der Waals surface area contributed by atoms with Crippen LogP contribution in [0, 0.1) is 0 Å². The Morgan fingerprint density at radius 2 is 2.10 bits per heavy atom. The van der Waals surface area contributed by atoms with Gasteiger partial charge in [0.2, 0.25) is 5.91 Å². The van der Waals surface area contributed by atoms with E-state index in [0.717, 1.165) is 39.1 Å². The van der Waals surface area contributed by atoms with E-state index in [0.29, 0.717) is 19.0 Å². The minimum atomic E-state index is 0.171. The van der Waals surface area contributed by atoms with E-state index in [1.54, 1.807) is 11.3 Å². The number of piperazine rings is 1. The van der Waals surface area contributed by atoms with Gasteiger partial charge in [0.15, 0.2) is 0 Å². The molecule has 1 aliphatic rings. The Morgan fingerprint density at radius 1 is 1.33 bits per heavy atom. The summed E-state index contributed by atoms with van der Waals surface area (Å²) in [7, 11) is 0. The molecule has 0 atom stereocenters. The third-order valence-electron chi connectivity index (χ3n) is 4.06. The zero-order valence-corrected chi connectivity index (χ0v) is 14.0. The quantitative estimate of drug-likeness (QED) is 0.838. The van der Waals surface area contributed by atoms with Gasteiger partial charge in [-0.3, -0.25) is 9.69 Å². The van der Waals surface area contributed by atoms with E-state index in [4.69, 9.17) is 0 Å². The molecule has 5 heteroatoms. The van der Waals surface area contributed by atoms with Gasteiger partial charge in [0.25, 0.3) is 0 Å². The van der Waals surface area contributed by atoms with Crippen molar-refractivity contribution < 1.29 is 4.79 Å². The van der Waals surface area contributed by atoms with Crippen molar-refractivity contribution in [1.82, 2.24) is 15.1 Å². The molecular weight excluding hydrogens is 282 g/mol. The van der Waals surface area contributed by atoms with Gasteiger partial charge < -0.3 is 10.2 Å². The van der Waals surface area contributed by atoms with Crippen LogP contribution < -0.4 is 5.32 Å². The summed E-state index contributed by atoms with van der Waals surface area (Å²) in [6.07, 6.45) is 1.59. The van der Waals surface area contributed by atoms with Gasteiger partial charge in [-0.15, -0.1) is 11.3 Å². The van der Waals surface area contributed by atoms with Crippen LogP contribution in [-0.4, -0.2) is 54.5 Å². The summed E-state index contributed by atoms with van der Waals surface area (Å²) >= 11 is 1.69. The molecule has 0 aromatic carbocycles. The van der Waals surface area contributed by atoms with Crippen molar-refractivity contribution in [3.05, 3.63) is 22.4 Å². The highest BCUT2D eigenvalue weighted by Crippen LogP contribution is 2.08. The Morgan fingerprint density at radius 3 is 2.71 bits per heavy atom. The van der Waals surface area contributed by atoms with Crippen molar-refractivity contribution in [2.45, 2.75) is 39.3 Å². The molecule has 2 rings (SSSR count). The lowest BCUT2D eigenvalue weighted by Crippen LogP contribution is -2.49. The Labute approximate surface area is 132 Å². The van der Waals surface area contributed by atoms with Gasteiger partial charge in [-0.05, 0) is 38.3 Å². The van der Waals surface area contributed by atoms with Crippen LogP contribution >= 0.6 is 11.3 Å². The molecule has 0 radical (unpaired) electrons. The molecule has 0 aliphatic carbocycles. The van der Waals surface area contributed by atoms with Gasteiger partial charge >= 0.3 is 0 Å². The highest BCUT2D eigenvalue weighted by Gasteiger charge is 2.18. The van der Waals surface area contributed by atoms with Crippen molar-refractivity contribution >= 4 is 17.2 Å². The molecule has 1 amide bonds. The van der Waals surface area contributed by atoms with Gasteiger partial charge in [-0.1, -0.05) is 6.07 Å². The molecule has 4 nitrogen and oxygen atoms in total. The Balaban J connectivity index is 1.54. The van der Waals surface area contributed by atoms with Gasteiger partial charge in [-0.25, -0.2) is 0 Å². The third-order valence-corrected chi connectivity index (χ3v) is 4.93. The largest absolute Gasteiger partial charge is 0.351 e. The maximum absolute atomic E-state index is 11.8. The summed E-state index contributed by atoms with van der Waals surface area (Å²) in [6, 6.07) is 4.72. The van der Waals surface area contributed by atoms with E-state index in [1.807, 2.05) is 11.4 Å². The van der Waals surface area contributed by atoms with Crippen LogP contribution in [0.3, 0.4) is 0 Å². The summed E-state index contributed by atoms with van der Waals surface area (Å²) < 4.78 is 0. The van der Waals surface area contributed by atoms with Gasteiger partial charge in [0.1, 0.15) is 0 Å². The lowest BCUT2D eigenvalue weighted by atomic mass is 10.2. The van der Waals surface area contributed by atoms with Crippen LogP contribution in [0.1, 0.15) is 31.6 Å². The summed E-state index contributed by atoms with van der Waals surface area (Å²) in [5.41, 5.74) is 0. The molecular formula is C16H27N3OS. The average Bonchev–Trinajstić information content (AvgIpc) is 2.99. The SMILES string of the molecule is CC(C)N1CCN(CCCC(=O)NCc2cccs2)CC1. The van der Waals surface area contributed by atoms with Gasteiger partial charge in [0, 0.05) is 43.5 Å². The first kappa shape index (κ1) is 16.5. The maximum atomic E-state index is 11.8. The van der Waals surface area contributed by atoms with E-state index in [9.17, 15) is 4.79 Å². The van der Waals surface area contributed by atoms with Crippen molar-refractivity contribution in [2.24, 2.45) is 0 Å². The summed E-state index contributed by atoms with van der Waals surface area (Å²) in [4.78, 5) is 18.0. The van der Waals surface area contributed by atoms with Crippen molar-refractivity contribution in [1.29, 1.82) is 0 Å². The molecule has 0 bridgehead atoms. The second-order valence-electron chi connectivity index (χ2n) is 5.93. The second kappa shape index (κ2) is 8.51. The fraction of sp³-hybridized carbons (Fsp3) is 0.688. The minimum absolute atomic E-state index is 0.171. The van der Waals surface area contributed by atoms with Gasteiger partial charge in [0.05, 0.1) is 6.54 Å². The number of carbonyl (C=O) groups excluding carboxylic acids is 1. The number of nitrogens with zero attached hydrogens (tertiary/aromatic N) is 2. The predicted molar refractivity (Wildman–Crippen MR) is 88.5 cm³/mol. The highest BCUT2D eigenvalue weighted by molar-refractivity contribution is 7.09. The van der Waals surface area contributed by atoms with Crippen molar-refractivity contribution in [3.63, 3.8) is 0 Å². The molecule has 0 spiro atoms. The van der Waals surface area contributed by atoms with Crippen LogP contribution in [0.2, 0.25) is 0 Å². The highest BCUT2D eigenvalue weighted by atomic mass is 32.1. The number of nitrogens with one attached hydrogen (secondary N) is 1. The normalized spacial score (nSPS) is 17.3. The molecule has 1 saturated heterocycles. The molecule has 1 N–H and O–H groups in total. The van der Waals surface area contributed by atoms with Crippen molar-refractivity contribution in [3.8, 4) is 0 Å². The maximum Gasteiger partial charge on any atom is 0.220 e. The number of carbonyl (C=O) groups is 1. The molecule has 0 unspecified atom stereocenters. The smallest absolute Gasteiger partial charge is 0.220 e. The first-order chi connectivity index (χ1) is 10.1. The number of hydrogen-bond acceptors (Lipinski definition) is 4. The van der Waals surface area contributed by atoms with E-state index in [1.165, 1.54) is 4.88 Å². The minimum Gasteiger partial charge on any atom is -0.351 e. The number of amides is 1. The monoisotopic (exact) mass is 309 g/mol. The topological polar surface area (TPSA) is 35.6 Å². The van der Waals surface area contributed by atoms with E-state index < -0.39 is 0 Å². The Kier molecular flexibility index (Phi) is 6.67. The molecule has 1 aliphatic heterocycles. The van der Waals surface area contributed by atoms with E-state index in [2.05, 4.69) is 35.0 Å². The Hall–Kier alpha value is -0.910. The molecule has 1 fully saturated rings. The lowest BCUT2D eigenvalue weighted by molar-refractivity contribution is -0.121. The van der Waals surface area contributed by atoms with Gasteiger partial charge in [-0.2, -0.15) is 0 Å². The molecule has 21 heavy (non-hydrogen) atoms. The fourth-order valence-corrected chi connectivity index (χ4v) is 3.30. The van der Waals surface area contributed by atoms with Crippen molar-refractivity contribution in [2.75, 3.05) is 32.7 Å². The molecule has 0 saturated carbocycles. The standard InChI is InChI=1S/C16H27N3OS/c1-14(2)19-10-8-18(9-11-19)7-3-6-16(20)17-13-15-5-4-12-21-15/h4-5,12,14H,3,6-11,13H2,1-2H3,(H,17,20). The molecule has 118 valence electrons.